The zero-order valence-electron chi connectivity index (χ0n) is 7.24. The SMILES string of the molecule is Cl.NCC[C@@H](N)c1cccc(F)c1. The van der Waals surface area contributed by atoms with Crippen molar-refractivity contribution in [3.05, 3.63) is 35.6 Å². The molecule has 0 amide bonds. The Morgan fingerprint density at radius 1 is 1.38 bits per heavy atom. The van der Waals surface area contributed by atoms with Crippen molar-refractivity contribution in [3.8, 4) is 0 Å². The van der Waals surface area contributed by atoms with Crippen LogP contribution < -0.4 is 11.5 Å². The van der Waals surface area contributed by atoms with Crippen LogP contribution in [0, 0.1) is 5.82 Å². The fourth-order valence-electron chi connectivity index (χ4n) is 1.08. The number of rotatable bonds is 3. The van der Waals surface area contributed by atoms with Crippen LogP contribution in [0.4, 0.5) is 4.39 Å². The third-order valence-corrected chi connectivity index (χ3v) is 1.75. The maximum absolute atomic E-state index is 12.7. The molecule has 0 bridgehead atoms. The molecule has 0 aliphatic carbocycles. The first-order chi connectivity index (χ1) is 5.74. The third kappa shape index (κ3) is 3.72. The van der Waals surface area contributed by atoms with E-state index in [-0.39, 0.29) is 24.3 Å². The Bertz CT molecular complexity index is 255. The molecule has 0 saturated carbocycles. The highest BCUT2D eigenvalue weighted by Gasteiger charge is 2.04. The summed E-state index contributed by atoms with van der Waals surface area (Å²) in [6, 6.07) is 6.16. The molecule has 4 heteroatoms. The number of benzene rings is 1. The largest absolute Gasteiger partial charge is 0.330 e. The Morgan fingerprint density at radius 3 is 2.62 bits per heavy atom. The van der Waals surface area contributed by atoms with Gasteiger partial charge < -0.3 is 11.5 Å². The second-order valence-corrected chi connectivity index (χ2v) is 2.74. The lowest BCUT2D eigenvalue weighted by Crippen LogP contribution is -2.15. The van der Waals surface area contributed by atoms with Crippen molar-refractivity contribution in [3.63, 3.8) is 0 Å². The number of nitrogens with two attached hydrogens (primary N) is 2. The van der Waals surface area contributed by atoms with Gasteiger partial charge in [-0.25, -0.2) is 4.39 Å². The molecule has 0 saturated heterocycles. The zero-order chi connectivity index (χ0) is 8.97. The first-order valence-electron chi connectivity index (χ1n) is 3.95. The fraction of sp³-hybridized carbons (Fsp3) is 0.333. The van der Waals surface area contributed by atoms with Crippen molar-refractivity contribution < 1.29 is 4.39 Å². The Hall–Kier alpha value is -0.640. The molecular weight excluding hydrogens is 191 g/mol. The lowest BCUT2D eigenvalue weighted by molar-refractivity contribution is 0.611. The molecule has 1 aromatic carbocycles. The third-order valence-electron chi connectivity index (χ3n) is 1.75. The smallest absolute Gasteiger partial charge is 0.123 e. The second-order valence-electron chi connectivity index (χ2n) is 2.74. The molecule has 1 atom stereocenters. The van der Waals surface area contributed by atoms with Gasteiger partial charge in [0, 0.05) is 6.04 Å². The van der Waals surface area contributed by atoms with Crippen LogP contribution in [0.5, 0.6) is 0 Å². The molecule has 0 fully saturated rings. The van der Waals surface area contributed by atoms with E-state index < -0.39 is 0 Å². The average Bonchev–Trinajstić information content (AvgIpc) is 2.05. The maximum Gasteiger partial charge on any atom is 0.123 e. The van der Waals surface area contributed by atoms with E-state index in [0.717, 1.165) is 5.56 Å². The van der Waals surface area contributed by atoms with Crippen molar-refractivity contribution in [1.82, 2.24) is 0 Å². The zero-order valence-corrected chi connectivity index (χ0v) is 8.06. The summed E-state index contributed by atoms with van der Waals surface area (Å²) in [6.45, 7) is 0.525. The molecule has 1 rings (SSSR count). The lowest BCUT2D eigenvalue weighted by atomic mass is 10.1. The van der Waals surface area contributed by atoms with E-state index >= 15 is 0 Å². The summed E-state index contributed by atoms with van der Waals surface area (Å²) >= 11 is 0. The van der Waals surface area contributed by atoms with E-state index in [2.05, 4.69) is 0 Å². The van der Waals surface area contributed by atoms with Gasteiger partial charge in [-0.2, -0.15) is 0 Å². The minimum atomic E-state index is -0.250. The van der Waals surface area contributed by atoms with Crippen LogP contribution in [0.1, 0.15) is 18.0 Å². The predicted octanol–water partition coefficient (Wildman–Crippen LogP) is 1.60. The Kier molecular flexibility index (Phi) is 5.62. The number of hydrogen-bond acceptors (Lipinski definition) is 2. The summed E-state index contributed by atoms with van der Waals surface area (Å²) in [7, 11) is 0. The molecule has 0 heterocycles. The topological polar surface area (TPSA) is 52.0 Å². The number of halogens is 2. The van der Waals surface area contributed by atoms with Gasteiger partial charge in [-0.1, -0.05) is 12.1 Å². The van der Waals surface area contributed by atoms with Crippen molar-refractivity contribution in [2.45, 2.75) is 12.5 Å². The second kappa shape index (κ2) is 5.91. The van der Waals surface area contributed by atoms with Gasteiger partial charge in [0.1, 0.15) is 5.82 Å². The summed E-state index contributed by atoms with van der Waals surface area (Å²) in [6.07, 6.45) is 0.684. The van der Waals surface area contributed by atoms with Crippen LogP contribution in [0.2, 0.25) is 0 Å². The Balaban J connectivity index is 0.00000144. The molecule has 1 aromatic rings. The predicted molar refractivity (Wildman–Crippen MR) is 54.2 cm³/mol. The molecule has 0 radical (unpaired) electrons. The van der Waals surface area contributed by atoms with E-state index in [4.69, 9.17) is 11.5 Å². The Labute approximate surface area is 83.5 Å². The maximum atomic E-state index is 12.7. The normalized spacial score (nSPS) is 11.9. The van der Waals surface area contributed by atoms with E-state index in [1.807, 2.05) is 6.07 Å². The summed E-state index contributed by atoms with van der Waals surface area (Å²) in [5, 5.41) is 0. The van der Waals surface area contributed by atoms with Crippen LogP contribution in [0.15, 0.2) is 24.3 Å². The van der Waals surface area contributed by atoms with Crippen LogP contribution in [0.3, 0.4) is 0 Å². The minimum Gasteiger partial charge on any atom is -0.330 e. The van der Waals surface area contributed by atoms with Crippen molar-refractivity contribution in [2.24, 2.45) is 11.5 Å². The fourth-order valence-corrected chi connectivity index (χ4v) is 1.08. The molecule has 0 unspecified atom stereocenters. The first-order valence-corrected chi connectivity index (χ1v) is 3.95. The van der Waals surface area contributed by atoms with Gasteiger partial charge >= 0.3 is 0 Å². The lowest BCUT2D eigenvalue weighted by Gasteiger charge is -2.09. The Morgan fingerprint density at radius 2 is 2.08 bits per heavy atom. The summed E-state index contributed by atoms with van der Waals surface area (Å²) in [5.41, 5.74) is 11.9. The quantitative estimate of drug-likeness (QED) is 0.786. The van der Waals surface area contributed by atoms with Crippen LogP contribution >= 0.6 is 12.4 Å². The highest BCUT2D eigenvalue weighted by atomic mass is 35.5. The van der Waals surface area contributed by atoms with E-state index in [1.165, 1.54) is 12.1 Å². The summed E-state index contributed by atoms with van der Waals surface area (Å²) < 4.78 is 12.7. The standard InChI is InChI=1S/C9H13FN2.ClH/c10-8-3-1-2-7(6-8)9(12)4-5-11;/h1-3,6,9H,4-5,11-12H2;1H/t9-;/m1./s1. The van der Waals surface area contributed by atoms with Gasteiger partial charge in [-0.3, -0.25) is 0 Å². The van der Waals surface area contributed by atoms with Gasteiger partial charge in [-0.15, -0.1) is 12.4 Å². The molecule has 0 aliphatic rings. The van der Waals surface area contributed by atoms with Crippen molar-refractivity contribution in [2.75, 3.05) is 6.54 Å². The molecule has 74 valence electrons. The highest BCUT2D eigenvalue weighted by Crippen LogP contribution is 2.13. The molecule has 4 N–H and O–H groups in total. The van der Waals surface area contributed by atoms with Crippen LogP contribution in [-0.2, 0) is 0 Å². The van der Waals surface area contributed by atoms with E-state index in [0.29, 0.717) is 13.0 Å². The van der Waals surface area contributed by atoms with Gasteiger partial charge in [-0.05, 0) is 30.7 Å². The van der Waals surface area contributed by atoms with Crippen LogP contribution in [0.25, 0.3) is 0 Å². The van der Waals surface area contributed by atoms with E-state index in [1.54, 1.807) is 6.07 Å². The molecule has 0 aliphatic heterocycles. The highest BCUT2D eigenvalue weighted by molar-refractivity contribution is 5.85. The summed E-state index contributed by atoms with van der Waals surface area (Å²) in [4.78, 5) is 0. The molecule has 2 nitrogen and oxygen atoms in total. The van der Waals surface area contributed by atoms with Crippen LogP contribution in [-0.4, -0.2) is 6.54 Å². The molecule has 0 aromatic heterocycles. The van der Waals surface area contributed by atoms with E-state index in [9.17, 15) is 4.39 Å². The van der Waals surface area contributed by atoms with Crippen molar-refractivity contribution in [1.29, 1.82) is 0 Å². The van der Waals surface area contributed by atoms with Crippen molar-refractivity contribution >= 4 is 12.4 Å². The molecular formula is C9H14ClFN2. The average molecular weight is 205 g/mol. The molecule has 13 heavy (non-hydrogen) atoms. The monoisotopic (exact) mass is 204 g/mol. The first kappa shape index (κ1) is 12.4. The van der Waals surface area contributed by atoms with Gasteiger partial charge in [0.05, 0.1) is 0 Å². The van der Waals surface area contributed by atoms with Gasteiger partial charge in [0.2, 0.25) is 0 Å². The number of hydrogen-bond donors (Lipinski definition) is 2. The minimum absolute atomic E-state index is 0. The summed E-state index contributed by atoms with van der Waals surface area (Å²) in [5.74, 6) is -0.250. The molecule has 0 spiro atoms. The van der Waals surface area contributed by atoms with Gasteiger partial charge in [0.15, 0.2) is 0 Å². The van der Waals surface area contributed by atoms with Gasteiger partial charge in [0.25, 0.3) is 0 Å².